The van der Waals surface area contributed by atoms with Gasteiger partial charge in [-0.3, -0.25) is 9.59 Å². The Balaban J connectivity index is 1.86. The van der Waals surface area contributed by atoms with Crippen LogP contribution in [0.25, 0.3) is 0 Å². The van der Waals surface area contributed by atoms with E-state index in [2.05, 4.69) is 24.5 Å². The van der Waals surface area contributed by atoms with E-state index in [1.165, 1.54) is 0 Å². The van der Waals surface area contributed by atoms with Crippen molar-refractivity contribution in [3.8, 4) is 0 Å². The van der Waals surface area contributed by atoms with E-state index < -0.39 is 17.4 Å². The van der Waals surface area contributed by atoms with Crippen LogP contribution in [0, 0.1) is 28.6 Å². The van der Waals surface area contributed by atoms with Gasteiger partial charge >= 0.3 is 0 Å². The molecule has 2 saturated heterocycles. The summed E-state index contributed by atoms with van der Waals surface area (Å²) in [5.74, 6) is -0.545. The van der Waals surface area contributed by atoms with Crippen molar-refractivity contribution < 1.29 is 14.4 Å². The zero-order valence-corrected chi connectivity index (χ0v) is 13.2. The quantitative estimate of drug-likeness (QED) is 0.613. The molecule has 4 N–H and O–H groups in total. The molecule has 3 unspecified atom stereocenters. The van der Waals surface area contributed by atoms with E-state index in [-0.39, 0.29) is 29.1 Å². The van der Waals surface area contributed by atoms with Crippen LogP contribution in [0.4, 0.5) is 0 Å². The average Bonchev–Trinajstić information content (AvgIpc) is 2.82. The van der Waals surface area contributed by atoms with Crippen LogP contribution in [0.5, 0.6) is 0 Å². The van der Waals surface area contributed by atoms with E-state index in [4.69, 9.17) is 5.73 Å². The maximum absolute atomic E-state index is 12.0. The van der Waals surface area contributed by atoms with Gasteiger partial charge < -0.3 is 21.2 Å². The number of aldehydes is 1. The molecule has 1 aliphatic carbocycles. The van der Waals surface area contributed by atoms with Crippen molar-refractivity contribution in [2.24, 2.45) is 34.3 Å². The number of hydrogen-bond donors (Lipinski definition) is 3. The normalized spacial score (nSPS) is 40.5. The Kier molecular flexibility index (Phi) is 3.55. The highest BCUT2D eigenvalue weighted by atomic mass is 16.2. The van der Waals surface area contributed by atoms with Crippen LogP contribution < -0.4 is 16.4 Å². The standard InChI is InChI=1S/C16H25N3O3/c1-15(2)11-7-19-12(13(17)21)16(11,15)10(8-20)6-9-4-3-5-18-14(9)22/h8-12,19H,3-7H2,1-2H3,(H2,17,21)(H,18,22)/t9-,10+,11?,12?,16?/m0/s1. The van der Waals surface area contributed by atoms with Crippen molar-refractivity contribution in [2.45, 2.75) is 39.2 Å². The molecule has 6 heteroatoms. The van der Waals surface area contributed by atoms with E-state index in [9.17, 15) is 14.4 Å². The number of primary amides is 1. The molecular weight excluding hydrogens is 282 g/mol. The summed E-state index contributed by atoms with van der Waals surface area (Å²) in [5.41, 5.74) is 5.04. The highest BCUT2D eigenvalue weighted by Crippen LogP contribution is 2.76. The van der Waals surface area contributed by atoms with Crippen LogP contribution in [0.1, 0.15) is 33.1 Å². The van der Waals surface area contributed by atoms with Crippen molar-refractivity contribution >= 4 is 18.1 Å². The lowest BCUT2D eigenvalue weighted by Gasteiger charge is -2.34. The first-order chi connectivity index (χ1) is 10.4. The molecule has 0 radical (unpaired) electrons. The highest BCUT2D eigenvalue weighted by molar-refractivity contribution is 5.84. The lowest BCUT2D eigenvalue weighted by molar-refractivity contribution is -0.128. The maximum atomic E-state index is 12.0. The monoisotopic (exact) mass is 307 g/mol. The highest BCUT2D eigenvalue weighted by Gasteiger charge is 2.80. The largest absolute Gasteiger partial charge is 0.368 e. The van der Waals surface area contributed by atoms with Gasteiger partial charge in [0.25, 0.3) is 0 Å². The minimum Gasteiger partial charge on any atom is -0.368 e. The number of hydrogen-bond acceptors (Lipinski definition) is 4. The number of carbonyl (C=O) groups excluding carboxylic acids is 3. The van der Waals surface area contributed by atoms with Gasteiger partial charge in [-0.05, 0) is 37.1 Å². The van der Waals surface area contributed by atoms with Crippen LogP contribution >= 0.6 is 0 Å². The third kappa shape index (κ3) is 1.86. The third-order valence-electron chi connectivity index (χ3n) is 6.48. The molecule has 0 spiro atoms. The topological polar surface area (TPSA) is 101 Å². The smallest absolute Gasteiger partial charge is 0.235 e. The minimum absolute atomic E-state index is 0.0334. The molecule has 2 heterocycles. The van der Waals surface area contributed by atoms with Crippen molar-refractivity contribution in [2.75, 3.05) is 13.1 Å². The molecule has 1 saturated carbocycles. The Morgan fingerprint density at radius 2 is 2.23 bits per heavy atom. The summed E-state index contributed by atoms with van der Waals surface area (Å²) in [7, 11) is 0. The summed E-state index contributed by atoms with van der Waals surface area (Å²) in [6.45, 7) is 5.63. The van der Waals surface area contributed by atoms with Crippen LogP contribution in [0.2, 0.25) is 0 Å². The van der Waals surface area contributed by atoms with E-state index in [0.717, 1.165) is 19.1 Å². The number of carbonyl (C=O) groups is 3. The molecule has 3 aliphatic rings. The lowest BCUT2D eigenvalue weighted by Crippen LogP contribution is -2.50. The fourth-order valence-electron chi connectivity index (χ4n) is 5.36. The van der Waals surface area contributed by atoms with E-state index >= 15 is 0 Å². The van der Waals surface area contributed by atoms with Gasteiger partial charge in [0, 0.05) is 23.8 Å². The number of nitrogens with two attached hydrogens (primary N) is 1. The van der Waals surface area contributed by atoms with Gasteiger partial charge in [0.15, 0.2) is 0 Å². The van der Waals surface area contributed by atoms with Crippen LogP contribution in [-0.4, -0.2) is 37.2 Å². The maximum Gasteiger partial charge on any atom is 0.235 e. The Morgan fingerprint density at radius 3 is 2.77 bits per heavy atom. The molecule has 2 aliphatic heterocycles. The third-order valence-corrected chi connectivity index (χ3v) is 6.48. The molecule has 0 bridgehead atoms. The second-order valence-corrected chi connectivity index (χ2v) is 7.56. The molecular formula is C16H25N3O3. The number of piperidine rings is 2. The van der Waals surface area contributed by atoms with Crippen molar-refractivity contribution in [3.63, 3.8) is 0 Å². The predicted octanol–water partition coefficient (Wildman–Crippen LogP) is -0.183. The summed E-state index contributed by atoms with van der Waals surface area (Å²) in [5, 5.41) is 6.05. The van der Waals surface area contributed by atoms with Gasteiger partial charge in [-0.2, -0.15) is 0 Å². The zero-order valence-electron chi connectivity index (χ0n) is 13.2. The summed E-state index contributed by atoms with van der Waals surface area (Å²) < 4.78 is 0. The molecule has 122 valence electrons. The SMILES string of the molecule is CC1(C)C2CNC(C(N)=O)C21[C@@H](C=O)C[C@@H]1CCCNC1=O. The number of amides is 2. The second kappa shape index (κ2) is 5.05. The lowest BCUT2D eigenvalue weighted by atomic mass is 9.72. The van der Waals surface area contributed by atoms with E-state index in [1.807, 2.05) is 0 Å². The van der Waals surface area contributed by atoms with Crippen molar-refractivity contribution in [3.05, 3.63) is 0 Å². The van der Waals surface area contributed by atoms with Crippen LogP contribution in [-0.2, 0) is 14.4 Å². The minimum atomic E-state index is -0.477. The Labute approximate surface area is 130 Å². The van der Waals surface area contributed by atoms with E-state index in [0.29, 0.717) is 19.5 Å². The van der Waals surface area contributed by atoms with Gasteiger partial charge in [0.1, 0.15) is 6.29 Å². The molecule has 0 aromatic rings. The Bertz CT molecular complexity index is 519. The van der Waals surface area contributed by atoms with Gasteiger partial charge in [-0.1, -0.05) is 13.8 Å². The van der Waals surface area contributed by atoms with Crippen molar-refractivity contribution in [1.82, 2.24) is 10.6 Å². The molecule has 0 aromatic carbocycles. The molecule has 0 aromatic heterocycles. The summed E-state index contributed by atoms with van der Waals surface area (Å²) in [4.78, 5) is 35.7. The molecule has 22 heavy (non-hydrogen) atoms. The fourth-order valence-corrected chi connectivity index (χ4v) is 5.36. The van der Waals surface area contributed by atoms with Gasteiger partial charge in [0.05, 0.1) is 6.04 Å². The summed E-state index contributed by atoms with van der Waals surface area (Å²) in [6, 6.07) is -0.477. The number of nitrogens with one attached hydrogen (secondary N) is 2. The van der Waals surface area contributed by atoms with Crippen LogP contribution in [0.3, 0.4) is 0 Å². The zero-order chi connectivity index (χ0) is 16.1. The predicted molar refractivity (Wildman–Crippen MR) is 80.6 cm³/mol. The molecule has 2 amide bonds. The van der Waals surface area contributed by atoms with Gasteiger partial charge in [0.2, 0.25) is 11.8 Å². The van der Waals surface area contributed by atoms with Crippen molar-refractivity contribution in [1.29, 1.82) is 0 Å². The molecule has 3 fully saturated rings. The molecule has 5 atom stereocenters. The second-order valence-electron chi connectivity index (χ2n) is 7.56. The first-order valence-corrected chi connectivity index (χ1v) is 8.13. The molecule has 3 rings (SSSR count). The first kappa shape index (κ1) is 15.5. The van der Waals surface area contributed by atoms with Gasteiger partial charge in [-0.25, -0.2) is 0 Å². The first-order valence-electron chi connectivity index (χ1n) is 8.13. The number of fused-ring (bicyclic) bond motifs is 1. The molecule has 6 nitrogen and oxygen atoms in total. The fraction of sp³-hybridized carbons (Fsp3) is 0.812. The Morgan fingerprint density at radius 1 is 1.50 bits per heavy atom. The summed E-state index contributed by atoms with van der Waals surface area (Å²) in [6.07, 6.45) is 3.22. The van der Waals surface area contributed by atoms with Gasteiger partial charge in [-0.15, -0.1) is 0 Å². The average molecular weight is 307 g/mol. The van der Waals surface area contributed by atoms with Crippen LogP contribution in [0.15, 0.2) is 0 Å². The van der Waals surface area contributed by atoms with E-state index in [1.54, 1.807) is 0 Å². The number of rotatable bonds is 5. The summed E-state index contributed by atoms with van der Waals surface area (Å²) >= 11 is 0. The Hall–Kier alpha value is -1.43.